The fourth-order valence-corrected chi connectivity index (χ4v) is 2.40. The maximum Gasteiger partial charge on any atom is 0.356 e. The Balaban J connectivity index is 2.16. The molecular formula is C12H17N3O3. The number of nitrogens with zero attached hydrogens (tertiary/aromatic N) is 3. The van der Waals surface area contributed by atoms with Crippen molar-refractivity contribution in [1.82, 2.24) is 10.2 Å². The second-order valence-electron chi connectivity index (χ2n) is 4.44. The third kappa shape index (κ3) is 2.76. The summed E-state index contributed by atoms with van der Waals surface area (Å²) >= 11 is 0. The van der Waals surface area contributed by atoms with Crippen molar-refractivity contribution in [2.45, 2.75) is 31.7 Å². The lowest BCUT2D eigenvalue weighted by Gasteiger charge is -2.28. The van der Waals surface area contributed by atoms with Crippen molar-refractivity contribution in [1.29, 1.82) is 0 Å². The van der Waals surface area contributed by atoms with E-state index in [4.69, 9.17) is 10.2 Å². The number of aliphatic hydroxyl groups excluding tert-OH is 1. The van der Waals surface area contributed by atoms with Gasteiger partial charge < -0.3 is 15.1 Å². The van der Waals surface area contributed by atoms with E-state index in [1.165, 1.54) is 18.9 Å². The lowest BCUT2D eigenvalue weighted by molar-refractivity contribution is 0.0689. The average molecular weight is 251 g/mol. The molecule has 2 N–H and O–H groups in total. The van der Waals surface area contributed by atoms with E-state index in [2.05, 4.69) is 10.2 Å². The zero-order valence-corrected chi connectivity index (χ0v) is 10.1. The fraction of sp³-hybridized carbons (Fsp3) is 0.583. The van der Waals surface area contributed by atoms with Crippen LogP contribution in [0.2, 0.25) is 0 Å². The zero-order valence-electron chi connectivity index (χ0n) is 10.1. The highest BCUT2D eigenvalue weighted by molar-refractivity contribution is 5.85. The highest BCUT2D eigenvalue weighted by Gasteiger charge is 2.23. The molecule has 6 heteroatoms. The van der Waals surface area contributed by atoms with Crippen molar-refractivity contribution in [2.24, 2.45) is 0 Å². The van der Waals surface area contributed by atoms with Crippen molar-refractivity contribution in [3.63, 3.8) is 0 Å². The molecule has 0 saturated heterocycles. The van der Waals surface area contributed by atoms with Gasteiger partial charge in [0.25, 0.3) is 0 Å². The minimum atomic E-state index is -1.08. The minimum Gasteiger partial charge on any atom is -0.476 e. The number of aromatic carboxylic acids is 1. The number of hydrogen-bond acceptors (Lipinski definition) is 5. The van der Waals surface area contributed by atoms with Gasteiger partial charge in [-0.2, -0.15) is 0 Å². The van der Waals surface area contributed by atoms with Crippen molar-refractivity contribution in [2.75, 3.05) is 18.1 Å². The number of anilines is 1. The molecule has 0 atom stereocenters. The first-order valence-corrected chi connectivity index (χ1v) is 6.17. The Kier molecular flexibility index (Phi) is 4.09. The molecule has 1 fully saturated rings. The first kappa shape index (κ1) is 12.8. The smallest absolute Gasteiger partial charge is 0.356 e. The molecule has 1 aromatic rings. The van der Waals surface area contributed by atoms with E-state index in [-0.39, 0.29) is 12.3 Å². The summed E-state index contributed by atoms with van der Waals surface area (Å²) < 4.78 is 0. The predicted molar refractivity (Wildman–Crippen MR) is 65.7 cm³/mol. The quantitative estimate of drug-likeness (QED) is 0.809. The molecule has 1 aliphatic carbocycles. The van der Waals surface area contributed by atoms with Crippen molar-refractivity contribution < 1.29 is 15.0 Å². The largest absolute Gasteiger partial charge is 0.476 e. The summed E-state index contributed by atoms with van der Waals surface area (Å²) in [5.74, 6) is -0.440. The molecule has 1 aliphatic rings. The maximum atomic E-state index is 10.7. The molecule has 6 nitrogen and oxygen atoms in total. The predicted octanol–water partition coefficient (Wildman–Crippen LogP) is 0.916. The number of carboxylic acids is 1. The van der Waals surface area contributed by atoms with E-state index < -0.39 is 5.97 Å². The number of hydrogen-bond donors (Lipinski definition) is 2. The molecule has 0 bridgehead atoms. The molecule has 0 aromatic carbocycles. The zero-order chi connectivity index (χ0) is 13.0. The first-order valence-electron chi connectivity index (χ1n) is 6.17. The molecule has 1 aromatic heterocycles. The lowest BCUT2D eigenvalue weighted by Crippen LogP contribution is -2.36. The summed E-state index contributed by atoms with van der Waals surface area (Å²) in [5.41, 5.74) is -0.0610. The van der Waals surface area contributed by atoms with Crippen molar-refractivity contribution >= 4 is 11.8 Å². The molecule has 98 valence electrons. The topological polar surface area (TPSA) is 86.5 Å². The standard InChI is InChI=1S/C12H17N3O3/c16-8-7-15(9-3-1-2-4-9)11-6-5-10(12(17)18)13-14-11/h5-6,9,16H,1-4,7-8H2,(H,17,18). The monoisotopic (exact) mass is 251 g/mol. The molecule has 2 rings (SSSR count). The van der Waals surface area contributed by atoms with Crippen LogP contribution in [0.3, 0.4) is 0 Å². The second kappa shape index (κ2) is 5.77. The summed E-state index contributed by atoms with van der Waals surface area (Å²) in [6.07, 6.45) is 4.55. The molecular weight excluding hydrogens is 234 g/mol. The van der Waals surface area contributed by atoms with Gasteiger partial charge in [-0.15, -0.1) is 10.2 Å². The number of aromatic nitrogens is 2. The highest BCUT2D eigenvalue weighted by Crippen LogP contribution is 2.26. The summed E-state index contributed by atoms with van der Waals surface area (Å²) in [7, 11) is 0. The minimum absolute atomic E-state index is 0.0544. The number of rotatable bonds is 5. The molecule has 0 amide bonds. The molecule has 0 spiro atoms. The molecule has 0 aliphatic heterocycles. The first-order chi connectivity index (χ1) is 8.72. The molecule has 1 saturated carbocycles. The SMILES string of the molecule is O=C(O)c1ccc(N(CCO)C2CCCC2)nn1. The number of carboxylic acid groups (broad SMARTS) is 1. The van der Waals surface area contributed by atoms with Crippen LogP contribution in [-0.4, -0.2) is 45.6 Å². The van der Waals surface area contributed by atoms with E-state index in [0.29, 0.717) is 18.4 Å². The highest BCUT2D eigenvalue weighted by atomic mass is 16.4. The third-order valence-corrected chi connectivity index (χ3v) is 3.27. The van der Waals surface area contributed by atoms with Crippen LogP contribution in [0.25, 0.3) is 0 Å². The Hall–Kier alpha value is -1.69. The van der Waals surface area contributed by atoms with Crippen LogP contribution >= 0.6 is 0 Å². The van der Waals surface area contributed by atoms with Gasteiger partial charge in [0.1, 0.15) is 0 Å². The van der Waals surface area contributed by atoms with Gasteiger partial charge in [0.05, 0.1) is 6.61 Å². The van der Waals surface area contributed by atoms with Crippen LogP contribution < -0.4 is 4.90 Å². The Labute approximate surface area is 105 Å². The van der Waals surface area contributed by atoms with Crippen molar-refractivity contribution in [3.05, 3.63) is 17.8 Å². The van der Waals surface area contributed by atoms with E-state index in [9.17, 15) is 4.79 Å². The molecule has 0 unspecified atom stereocenters. The lowest BCUT2D eigenvalue weighted by atomic mass is 10.2. The van der Waals surface area contributed by atoms with Crippen LogP contribution in [0, 0.1) is 0 Å². The Morgan fingerprint density at radius 2 is 2.06 bits per heavy atom. The van der Waals surface area contributed by atoms with Gasteiger partial charge >= 0.3 is 5.97 Å². The average Bonchev–Trinajstić information content (AvgIpc) is 2.90. The summed E-state index contributed by atoms with van der Waals surface area (Å²) in [6.45, 7) is 0.560. The number of carbonyl (C=O) groups is 1. The van der Waals surface area contributed by atoms with E-state index in [1.807, 2.05) is 4.90 Å². The van der Waals surface area contributed by atoms with Crippen LogP contribution in [0.15, 0.2) is 12.1 Å². The molecule has 1 heterocycles. The fourth-order valence-electron chi connectivity index (χ4n) is 2.40. The Morgan fingerprint density at radius 3 is 2.56 bits per heavy atom. The van der Waals surface area contributed by atoms with E-state index >= 15 is 0 Å². The van der Waals surface area contributed by atoms with Gasteiger partial charge in [-0.3, -0.25) is 0 Å². The van der Waals surface area contributed by atoms with Gasteiger partial charge in [-0.25, -0.2) is 4.79 Å². The summed E-state index contributed by atoms with van der Waals surface area (Å²) in [4.78, 5) is 12.7. The Morgan fingerprint density at radius 1 is 1.33 bits per heavy atom. The van der Waals surface area contributed by atoms with Gasteiger partial charge in [0.2, 0.25) is 0 Å². The van der Waals surface area contributed by atoms with Crippen molar-refractivity contribution in [3.8, 4) is 0 Å². The molecule has 18 heavy (non-hydrogen) atoms. The van der Waals surface area contributed by atoms with E-state index in [1.54, 1.807) is 6.07 Å². The van der Waals surface area contributed by atoms with Gasteiger partial charge in [0, 0.05) is 12.6 Å². The molecule has 0 radical (unpaired) electrons. The van der Waals surface area contributed by atoms with Crippen LogP contribution in [-0.2, 0) is 0 Å². The van der Waals surface area contributed by atoms with Crippen LogP contribution in [0.5, 0.6) is 0 Å². The maximum absolute atomic E-state index is 10.7. The van der Waals surface area contributed by atoms with Gasteiger partial charge in [-0.1, -0.05) is 12.8 Å². The van der Waals surface area contributed by atoms with Crippen LogP contribution in [0.4, 0.5) is 5.82 Å². The summed E-state index contributed by atoms with van der Waals surface area (Å²) in [6, 6.07) is 3.48. The van der Waals surface area contributed by atoms with Crippen LogP contribution in [0.1, 0.15) is 36.2 Å². The Bertz CT molecular complexity index is 402. The van der Waals surface area contributed by atoms with E-state index in [0.717, 1.165) is 12.8 Å². The second-order valence-corrected chi connectivity index (χ2v) is 4.44. The van der Waals surface area contributed by atoms with Gasteiger partial charge in [0.15, 0.2) is 11.5 Å². The third-order valence-electron chi connectivity index (χ3n) is 3.27. The number of aliphatic hydroxyl groups is 1. The summed E-state index contributed by atoms with van der Waals surface area (Å²) in [5, 5.41) is 25.5. The normalized spacial score (nSPS) is 15.8. The van der Waals surface area contributed by atoms with Gasteiger partial charge in [-0.05, 0) is 25.0 Å².